The van der Waals surface area contributed by atoms with Crippen molar-refractivity contribution in [2.75, 3.05) is 0 Å². The van der Waals surface area contributed by atoms with E-state index >= 15 is 0 Å². The molecule has 110 valence electrons. The van der Waals surface area contributed by atoms with Crippen molar-refractivity contribution in [3.63, 3.8) is 0 Å². The maximum Gasteiger partial charge on any atom is 0.416 e. The number of carbonyl (C=O) groups is 1. The number of hydrogen-bond acceptors (Lipinski definition) is 1. The highest BCUT2D eigenvalue weighted by molar-refractivity contribution is 5.89. The fourth-order valence-corrected chi connectivity index (χ4v) is 2.26. The Bertz CT molecular complexity index is 487. The van der Waals surface area contributed by atoms with Crippen molar-refractivity contribution in [1.82, 2.24) is 0 Å². The molecule has 0 aliphatic carbocycles. The molecular formula is C16H19F3O. The van der Waals surface area contributed by atoms with Crippen molar-refractivity contribution in [2.24, 2.45) is 0 Å². The molecule has 0 aliphatic heterocycles. The first-order valence-electron chi connectivity index (χ1n) is 6.79. The summed E-state index contributed by atoms with van der Waals surface area (Å²) in [6.07, 6.45) is -1.30. The van der Waals surface area contributed by atoms with Crippen LogP contribution >= 0.6 is 0 Å². The summed E-state index contributed by atoms with van der Waals surface area (Å²) in [7, 11) is 0. The van der Waals surface area contributed by atoms with Crippen LogP contribution in [-0.2, 0) is 11.0 Å². The van der Waals surface area contributed by atoms with Crippen LogP contribution in [0, 0.1) is 0 Å². The average molecular weight is 284 g/mol. The predicted molar refractivity (Wildman–Crippen MR) is 74.2 cm³/mol. The van der Waals surface area contributed by atoms with Crippen LogP contribution in [0.1, 0.15) is 50.7 Å². The van der Waals surface area contributed by atoms with E-state index < -0.39 is 11.7 Å². The van der Waals surface area contributed by atoms with E-state index in [2.05, 4.69) is 0 Å². The maximum atomic E-state index is 13.1. The molecule has 0 unspecified atom stereocenters. The number of benzene rings is 1. The van der Waals surface area contributed by atoms with Gasteiger partial charge in [0.2, 0.25) is 0 Å². The number of allylic oxidation sites excluding steroid dienone is 2. The van der Waals surface area contributed by atoms with Gasteiger partial charge in [-0.1, -0.05) is 44.9 Å². The lowest BCUT2D eigenvalue weighted by Crippen LogP contribution is -2.09. The van der Waals surface area contributed by atoms with Crippen molar-refractivity contribution in [1.29, 1.82) is 0 Å². The van der Waals surface area contributed by atoms with Gasteiger partial charge < -0.3 is 0 Å². The second kappa shape index (κ2) is 7.27. The van der Waals surface area contributed by atoms with Crippen LogP contribution in [-0.4, -0.2) is 6.29 Å². The number of hydrogen-bond donors (Lipinski definition) is 0. The molecular weight excluding hydrogens is 265 g/mol. The minimum Gasteiger partial charge on any atom is -0.298 e. The van der Waals surface area contributed by atoms with Gasteiger partial charge in [-0.25, -0.2) is 0 Å². The van der Waals surface area contributed by atoms with E-state index in [0.717, 1.165) is 12.5 Å². The lowest BCUT2D eigenvalue weighted by molar-refractivity contribution is -0.137. The summed E-state index contributed by atoms with van der Waals surface area (Å²) in [5, 5.41) is 0. The molecule has 20 heavy (non-hydrogen) atoms. The first-order chi connectivity index (χ1) is 9.45. The molecule has 0 radical (unpaired) electrons. The van der Waals surface area contributed by atoms with Crippen molar-refractivity contribution < 1.29 is 18.0 Å². The lowest BCUT2D eigenvalue weighted by atomic mass is 9.90. The summed E-state index contributed by atoms with van der Waals surface area (Å²) in [6.45, 7) is 3.80. The molecule has 1 rings (SSSR count). The molecule has 0 heterocycles. The zero-order chi connectivity index (χ0) is 15.2. The number of aldehydes is 1. The minimum absolute atomic E-state index is 0.136. The topological polar surface area (TPSA) is 17.1 Å². The number of halogens is 3. The summed E-state index contributed by atoms with van der Waals surface area (Å²) in [4.78, 5) is 11.2. The summed E-state index contributed by atoms with van der Waals surface area (Å²) >= 11 is 0. The van der Waals surface area contributed by atoms with Crippen LogP contribution in [0.2, 0.25) is 0 Å². The Morgan fingerprint density at radius 2 is 1.70 bits per heavy atom. The molecule has 0 bridgehead atoms. The SMILES string of the molecule is CCC/C(C=O)=C(\CCC)c1ccccc1C(F)(F)F. The van der Waals surface area contributed by atoms with E-state index in [1.54, 1.807) is 6.07 Å². The molecule has 0 amide bonds. The molecule has 0 atom stereocenters. The molecule has 0 N–H and O–H groups in total. The molecule has 0 spiro atoms. The lowest BCUT2D eigenvalue weighted by Gasteiger charge is -2.17. The predicted octanol–water partition coefficient (Wildman–Crippen LogP) is 5.26. The first kappa shape index (κ1) is 16.5. The number of carbonyl (C=O) groups excluding carboxylic acids is 1. The van der Waals surface area contributed by atoms with Gasteiger partial charge in [-0.05, 0) is 35.6 Å². The van der Waals surface area contributed by atoms with Gasteiger partial charge in [0.25, 0.3) is 0 Å². The quantitative estimate of drug-likeness (QED) is 0.514. The second-order valence-electron chi connectivity index (χ2n) is 4.66. The fraction of sp³-hybridized carbons (Fsp3) is 0.438. The Morgan fingerprint density at radius 3 is 2.20 bits per heavy atom. The van der Waals surface area contributed by atoms with Crippen LogP contribution in [0.25, 0.3) is 5.57 Å². The molecule has 1 nitrogen and oxygen atoms in total. The monoisotopic (exact) mass is 284 g/mol. The van der Waals surface area contributed by atoms with E-state index in [9.17, 15) is 18.0 Å². The van der Waals surface area contributed by atoms with Crippen molar-refractivity contribution in [3.05, 3.63) is 41.0 Å². The van der Waals surface area contributed by atoms with Gasteiger partial charge in [0.15, 0.2) is 0 Å². The van der Waals surface area contributed by atoms with Crippen LogP contribution in [0.4, 0.5) is 13.2 Å². The summed E-state index contributed by atoms with van der Waals surface area (Å²) < 4.78 is 39.3. The van der Waals surface area contributed by atoms with Gasteiger partial charge in [-0.15, -0.1) is 0 Å². The Morgan fingerprint density at radius 1 is 1.10 bits per heavy atom. The Hall–Kier alpha value is -1.58. The maximum absolute atomic E-state index is 13.1. The third kappa shape index (κ3) is 3.95. The standard InChI is InChI=1S/C16H19F3O/c1-3-7-12(11-20)13(8-4-2)14-9-5-6-10-15(14)16(17,18)19/h5-6,9-11H,3-4,7-8H2,1-2H3/b13-12-. The zero-order valence-electron chi connectivity index (χ0n) is 11.8. The van der Waals surface area contributed by atoms with Gasteiger partial charge in [-0.3, -0.25) is 4.79 Å². The number of rotatable bonds is 6. The molecule has 4 heteroatoms. The van der Waals surface area contributed by atoms with Crippen LogP contribution in [0.15, 0.2) is 29.8 Å². The Labute approximate surface area is 117 Å². The van der Waals surface area contributed by atoms with E-state index in [0.29, 0.717) is 36.7 Å². The van der Waals surface area contributed by atoms with Gasteiger partial charge >= 0.3 is 6.18 Å². The smallest absolute Gasteiger partial charge is 0.298 e. The van der Waals surface area contributed by atoms with E-state index in [1.807, 2.05) is 13.8 Å². The summed E-state index contributed by atoms with van der Waals surface area (Å²) in [6, 6.07) is 5.47. The third-order valence-corrected chi connectivity index (χ3v) is 3.11. The molecule has 0 saturated heterocycles. The molecule has 1 aromatic rings. The van der Waals surface area contributed by atoms with Crippen molar-refractivity contribution in [2.45, 2.75) is 45.7 Å². The van der Waals surface area contributed by atoms with Crippen molar-refractivity contribution in [3.8, 4) is 0 Å². The average Bonchev–Trinajstić information content (AvgIpc) is 2.42. The summed E-state index contributed by atoms with van der Waals surface area (Å²) in [5.41, 5.74) is 0.472. The highest BCUT2D eigenvalue weighted by Gasteiger charge is 2.34. The molecule has 0 fully saturated rings. The van der Waals surface area contributed by atoms with E-state index in [-0.39, 0.29) is 5.56 Å². The largest absolute Gasteiger partial charge is 0.416 e. The van der Waals surface area contributed by atoms with Gasteiger partial charge in [0.1, 0.15) is 6.29 Å². The Balaban J connectivity index is 3.47. The fourth-order valence-electron chi connectivity index (χ4n) is 2.26. The van der Waals surface area contributed by atoms with Gasteiger partial charge in [0, 0.05) is 0 Å². The van der Waals surface area contributed by atoms with Gasteiger partial charge in [-0.2, -0.15) is 13.2 Å². The van der Waals surface area contributed by atoms with Crippen LogP contribution < -0.4 is 0 Å². The first-order valence-corrected chi connectivity index (χ1v) is 6.79. The molecule has 0 aliphatic rings. The van der Waals surface area contributed by atoms with Crippen LogP contribution in [0.5, 0.6) is 0 Å². The van der Waals surface area contributed by atoms with E-state index in [4.69, 9.17) is 0 Å². The molecule has 1 aromatic carbocycles. The van der Waals surface area contributed by atoms with Crippen molar-refractivity contribution >= 4 is 11.9 Å². The van der Waals surface area contributed by atoms with E-state index in [1.165, 1.54) is 12.1 Å². The number of alkyl halides is 3. The second-order valence-corrected chi connectivity index (χ2v) is 4.66. The van der Waals surface area contributed by atoms with Crippen LogP contribution in [0.3, 0.4) is 0 Å². The highest BCUT2D eigenvalue weighted by atomic mass is 19.4. The van der Waals surface area contributed by atoms with Gasteiger partial charge in [0.05, 0.1) is 5.56 Å². The minimum atomic E-state index is -4.41. The highest BCUT2D eigenvalue weighted by Crippen LogP contribution is 2.37. The summed E-state index contributed by atoms with van der Waals surface area (Å²) in [5.74, 6) is 0. The molecule has 0 saturated carbocycles. The Kier molecular flexibility index (Phi) is 5.99. The third-order valence-electron chi connectivity index (χ3n) is 3.11. The molecule has 0 aromatic heterocycles. The zero-order valence-corrected chi connectivity index (χ0v) is 11.8. The normalized spacial score (nSPS) is 13.1.